The van der Waals surface area contributed by atoms with Gasteiger partial charge in [-0.1, -0.05) is 13.3 Å². The minimum atomic E-state index is 0.690. The first kappa shape index (κ1) is 10.0. The summed E-state index contributed by atoms with van der Waals surface area (Å²) in [4.78, 5) is 2.55. The number of rotatable bonds is 3. The molecule has 0 amide bonds. The molecule has 0 aromatic rings. The molecule has 0 aliphatic carbocycles. The molecule has 0 aromatic heterocycles. The van der Waals surface area contributed by atoms with Crippen LogP contribution >= 0.6 is 0 Å². The molecule has 0 bridgehead atoms. The summed E-state index contributed by atoms with van der Waals surface area (Å²) in [5.41, 5.74) is 5.74. The van der Waals surface area contributed by atoms with Crippen molar-refractivity contribution in [2.45, 2.75) is 33.2 Å². The molecule has 1 rings (SSSR count). The number of hydrogen-bond acceptors (Lipinski definition) is 2. The molecule has 0 unspecified atom stereocenters. The Labute approximate surface area is 76.1 Å². The second kappa shape index (κ2) is 4.24. The lowest BCUT2D eigenvalue weighted by Gasteiger charge is -2.19. The zero-order chi connectivity index (χ0) is 9.14. The van der Waals surface area contributed by atoms with Gasteiger partial charge >= 0.3 is 0 Å². The highest BCUT2D eigenvalue weighted by molar-refractivity contribution is 4.85. The molecule has 1 heterocycles. The summed E-state index contributed by atoms with van der Waals surface area (Å²) in [5.74, 6) is 1.59. The van der Waals surface area contributed by atoms with E-state index in [-0.39, 0.29) is 0 Å². The quantitative estimate of drug-likeness (QED) is 0.692. The maximum Gasteiger partial charge on any atom is 0.00388 e. The van der Waals surface area contributed by atoms with E-state index in [0.717, 1.165) is 18.4 Å². The first-order valence-corrected chi connectivity index (χ1v) is 5.13. The zero-order valence-corrected chi connectivity index (χ0v) is 8.59. The Morgan fingerprint density at radius 3 is 2.25 bits per heavy atom. The lowest BCUT2D eigenvalue weighted by Crippen LogP contribution is -2.29. The van der Waals surface area contributed by atoms with E-state index in [4.69, 9.17) is 5.73 Å². The van der Waals surface area contributed by atoms with E-state index in [9.17, 15) is 0 Å². The van der Waals surface area contributed by atoms with Crippen molar-refractivity contribution in [1.82, 2.24) is 4.90 Å². The van der Waals surface area contributed by atoms with Crippen molar-refractivity contribution in [3.05, 3.63) is 0 Å². The van der Waals surface area contributed by atoms with Gasteiger partial charge < -0.3 is 10.6 Å². The van der Waals surface area contributed by atoms with Crippen molar-refractivity contribution in [2.75, 3.05) is 19.6 Å². The average Bonchev–Trinajstić information content (AvgIpc) is 2.46. The monoisotopic (exact) mass is 170 g/mol. The van der Waals surface area contributed by atoms with E-state index in [1.54, 1.807) is 0 Å². The molecule has 1 saturated heterocycles. The van der Waals surface area contributed by atoms with Crippen LogP contribution in [0.25, 0.3) is 0 Å². The highest BCUT2D eigenvalue weighted by Crippen LogP contribution is 2.26. The van der Waals surface area contributed by atoms with Crippen LogP contribution in [0.15, 0.2) is 0 Å². The topological polar surface area (TPSA) is 29.3 Å². The fraction of sp³-hybridized carbons (Fsp3) is 1.00. The lowest BCUT2D eigenvalue weighted by molar-refractivity contribution is 0.261. The van der Waals surface area contributed by atoms with Crippen LogP contribution in [0.5, 0.6) is 0 Å². The minimum Gasteiger partial charge on any atom is -0.330 e. The predicted octanol–water partition coefficient (Wildman–Crippen LogP) is 1.31. The Morgan fingerprint density at radius 2 is 1.92 bits per heavy atom. The fourth-order valence-corrected chi connectivity index (χ4v) is 2.13. The summed E-state index contributed by atoms with van der Waals surface area (Å²) in [7, 11) is 0. The maximum absolute atomic E-state index is 5.74. The highest BCUT2D eigenvalue weighted by Gasteiger charge is 2.31. The third-order valence-electron chi connectivity index (χ3n) is 3.16. The van der Waals surface area contributed by atoms with Crippen LogP contribution in [0.3, 0.4) is 0 Å². The molecule has 1 aliphatic rings. The molecule has 72 valence electrons. The van der Waals surface area contributed by atoms with E-state index in [1.807, 2.05) is 0 Å². The SMILES string of the molecule is CC[C@H]1CN(C(C)C)C[C@@H]1CN. The van der Waals surface area contributed by atoms with Gasteiger partial charge in [0.1, 0.15) is 0 Å². The van der Waals surface area contributed by atoms with Gasteiger partial charge in [-0.3, -0.25) is 0 Å². The van der Waals surface area contributed by atoms with Crippen molar-refractivity contribution < 1.29 is 0 Å². The summed E-state index contributed by atoms with van der Waals surface area (Å²) in [6.07, 6.45) is 1.28. The number of likely N-dealkylation sites (tertiary alicyclic amines) is 1. The normalized spacial score (nSPS) is 31.8. The molecule has 2 nitrogen and oxygen atoms in total. The molecule has 2 atom stereocenters. The second-order valence-electron chi connectivity index (χ2n) is 4.21. The van der Waals surface area contributed by atoms with Gasteiger partial charge in [0.25, 0.3) is 0 Å². The van der Waals surface area contributed by atoms with Crippen LogP contribution in [-0.4, -0.2) is 30.6 Å². The van der Waals surface area contributed by atoms with Crippen LogP contribution in [0.2, 0.25) is 0 Å². The third kappa shape index (κ3) is 1.99. The van der Waals surface area contributed by atoms with Crippen molar-refractivity contribution in [2.24, 2.45) is 17.6 Å². The Bertz CT molecular complexity index is 122. The highest BCUT2D eigenvalue weighted by atomic mass is 15.2. The van der Waals surface area contributed by atoms with Crippen molar-refractivity contribution >= 4 is 0 Å². The van der Waals surface area contributed by atoms with Gasteiger partial charge in [-0.25, -0.2) is 0 Å². The van der Waals surface area contributed by atoms with E-state index < -0.39 is 0 Å². The van der Waals surface area contributed by atoms with E-state index in [1.165, 1.54) is 19.5 Å². The zero-order valence-electron chi connectivity index (χ0n) is 8.59. The second-order valence-corrected chi connectivity index (χ2v) is 4.21. The standard InChI is InChI=1S/C10H22N2/c1-4-9-6-12(8(2)3)7-10(9)5-11/h8-10H,4-7,11H2,1-3H3/t9-,10-/m0/s1. The first-order valence-electron chi connectivity index (χ1n) is 5.13. The predicted molar refractivity (Wildman–Crippen MR) is 53.0 cm³/mol. The van der Waals surface area contributed by atoms with Gasteiger partial charge in [0.15, 0.2) is 0 Å². The summed E-state index contributed by atoms with van der Waals surface area (Å²) in [6.45, 7) is 10.2. The average molecular weight is 170 g/mol. The molecule has 1 aliphatic heterocycles. The largest absolute Gasteiger partial charge is 0.330 e. The van der Waals surface area contributed by atoms with Crippen molar-refractivity contribution in [3.63, 3.8) is 0 Å². The Hall–Kier alpha value is -0.0800. The smallest absolute Gasteiger partial charge is 0.00388 e. The van der Waals surface area contributed by atoms with Crippen molar-refractivity contribution in [3.8, 4) is 0 Å². The summed E-state index contributed by atoms with van der Waals surface area (Å²) in [5, 5.41) is 0. The van der Waals surface area contributed by atoms with Crippen LogP contribution in [0.4, 0.5) is 0 Å². The van der Waals surface area contributed by atoms with Gasteiger partial charge in [0.05, 0.1) is 0 Å². The molecule has 12 heavy (non-hydrogen) atoms. The summed E-state index contributed by atoms with van der Waals surface area (Å²) in [6, 6.07) is 0.690. The van der Waals surface area contributed by atoms with E-state index >= 15 is 0 Å². The van der Waals surface area contributed by atoms with E-state index in [0.29, 0.717) is 6.04 Å². The Balaban J connectivity index is 2.47. The molecule has 0 saturated carbocycles. The molecular weight excluding hydrogens is 148 g/mol. The van der Waals surface area contributed by atoms with E-state index in [2.05, 4.69) is 25.7 Å². The molecule has 2 N–H and O–H groups in total. The summed E-state index contributed by atoms with van der Waals surface area (Å²) >= 11 is 0. The third-order valence-corrected chi connectivity index (χ3v) is 3.16. The van der Waals surface area contributed by atoms with Gasteiger partial charge in [0, 0.05) is 19.1 Å². The lowest BCUT2D eigenvalue weighted by atomic mass is 9.94. The fourth-order valence-electron chi connectivity index (χ4n) is 2.13. The van der Waals surface area contributed by atoms with Crippen molar-refractivity contribution in [1.29, 1.82) is 0 Å². The van der Waals surface area contributed by atoms with Crippen LogP contribution < -0.4 is 5.73 Å². The first-order chi connectivity index (χ1) is 5.69. The maximum atomic E-state index is 5.74. The molecule has 1 fully saturated rings. The number of nitrogens with two attached hydrogens (primary N) is 1. The van der Waals surface area contributed by atoms with Crippen LogP contribution in [0, 0.1) is 11.8 Å². The molecule has 0 spiro atoms. The van der Waals surface area contributed by atoms with Crippen LogP contribution in [0.1, 0.15) is 27.2 Å². The number of nitrogens with zero attached hydrogens (tertiary/aromatic N) is 1. The molecule has 0 radical (unpaired) electrons. The summed E-state index contributed by atoms with van der Waals surface area (Å²) < 4.78 is 0. The molecular formula is C10H22N2. The van der Waals surface area contributed by atoms with Gasteiger partial charge in [-0.2, -0.15) is 0 Å². The van der Waals surface area contributed by atoms with Crippen LogP contribution in [-0.2, 0) is 0 Å². The van der Waals surface area contributed by atoms with Gasteiger partial charge in [0.2, 0.25) is 0 Å². The van der Waals surface area contributed by atoms with Gasteiger partial charge in [-0.15, -0.1) is 0 Å². The number of hydrogen-bond donors (Lipinski definition) is 1. The Morgan fingerprint density at radius 1 is 1.33 bits per heavy atom. The molecule has 2 heteroatoms. The molecule has 0 aromatic carbocycles. The van der Waals surface area contributed by atoms with Gasteiger partial charge in [-0.05, 0) is 32.2 Å². The minimum absolute atomic E-state index is 0.690. The Kier molecular flexibility index (Phi) is 3.53.